The Hall–Kier alpha value is -1.05. The van der Waals surface area contributed by atoms with Gasteiger partial charge in [0.1, 0.15) is 5.78 Å². The van der Waals surface area contributed by atoms with E-state index < -0.39 is 0 Å². The summed E-state index contributed by atoms with van der Waals surface area (Å²) in [6, 6.07) is 4.14. The summed E-state index contributed by atoms with van der Waals surface area (Å²) < 4.78 is 2.10. The highest BCUT2D eigenvalue weighted by molar-refractivity contribution is 5.82. The van der Waals surface area contributed by atoms with Gasteiger partial charge in [-0.15, -0.1) is 0 Å². The molecule has 2 atom stereocenters. The molecule has 64 valence electrons. The molecule has 1 aromatic heterocycles. The van der Waals surface area contributed by atoms with Crippen LogP contribution in [0.2, 0.25) is 0 Å². The molecule has 2 nitrogen and oxygen atoms in total. The van der Waals surface area contributed by atoms with Crippen molar-refractivity contribution in [2.24, 2.45) is 13.0 Å². The van der Waals surface area contributed by atoms with Crippen LogP contribution < -0.4 is 0 Å². The van der Waals surface area contributed by atoms with Gasteiger partial charge in [-0.05, 0) is 25.5 Å². The zero-order valence-electron chi connectivity index (χ0n) is 7.45. The number of rotatable bonds is 2. The topological polar surface area (TPSA) is 22.0 Å². The number of aromatic nitrogens is 1. The first-order chi connectivity index (χ1) is 5.70. The quantitative estimate of drug-likeness (QED) is 0.650. The molecule has 0 saturated heterocycles. The van der Waals surface area contributed by atoms with Crippen molar-refractivity contribution in [3.05, 3.63) is 24.0 Å². The zero-order valence-corrected chi connectivity index (χ0v) is 7.45. The number of hydrogen-bond donors (Lipinski definition) is 0. The average Bonchev–Trinajstić information content (AvgIpc) is 2.70. The molecular formula is C10H13NO. The summed E-state index contributed by atoms with van der Waals surface area (Å²) in [6.07, 6.45) is 3.08. The smallest absolute Gasteiger partial charge is 0.133 e. The molecule has 1 heterocycles. The van der Waals surface area contributed by atoms with Crippen molar-refractivity contribution in [2.45, 2.75) is 19.3 Å². The van der Waals surface area contributed by atoms with E-state index in [9.17, 15) is 4.79 Å². The minimum Gasteiger partial charge on any atom is -0.354 e. The van der Waals surface area contributed by atoms with E-state index in [4.69, 9.17) is 0 Å². The number of aryl methyl sites for hydroxylation is 1. The van der Waals surface area contributed by atoms with Crippen molar-refractivity contribution in [3.8, 4) is 0 Å². The van der Waals surface area contributed by atoms with Gasteiger partial charge in [0.05, 0.1) is 0 Å². The number of carbonyl (C=O) groups is 1. The van der Waals surface area contributed by atoms with Crippen LogP contribution >= 0.6 is 0 Å². The second-order valence-electron chi connectivity index (χ2n) is 3.60. The van der Waals surface area contributed by atoms with Gasteiger partial charge in [-0.25, -0.2) is 0 Å². The molecule has 1 aliphatic carbocycles. The highest BCUT2D eigenvalue weighted by Gasteiger charge is 2.42. The van der Waals surface area contributed by atoms with Crippen LogP contribution in [0.4, 0.5) is 0 Å². The summed E-state index contributed by atoms with van der Waals surface area (Å²) in [7, 11) is 2.03. The minimum absolute atomic E-state index is 0.304. The Bertz CT molecular complexity index is 313. The van der Waals surface area contributed by atoms with Crippen LogP contribution in [0.25, 0.3) is 0 Å². The summed E-state index contributed by atoms with van der Waals surface area (Å²) in [5.74, 6) is 1.14. The highest BCUT2D eigenvalue weighted by atomic mass is 16.1. The molecule has 0 N–H and O–H groups in total. The van der Waals surface area contributed by atoms with E-state index >= 15 is 0 Å². The van der Waals surface area contributed by atoms with Crippen molar-refractivity contribution in [1.29, 1.82) is 0 Å². The second kappa shape index (κ2) is 2.47. The molecule has 2 rings (SSSR count). The SMILES string of the molecule is CC(=O)C1CC1c1cccn1C. The van der Waals surface area contributed by atoms with Gasteiger partial charge in [-0.2, -0.15) is 0 Å². The predicted molar refractivity (Wildman–Crippen MR) is 46.9 cm³/mol. The lowest BCUT2D eigenvalue weighted by atomic mass is 10.2. The normalized spacial score (nSPS) is 27.2. The van der Waals surface area contributed by atoms with Crippen LogP contribution in [-0.4, -0.2) is 10.4 Å². The van der Waals surface area contributed by atoms with Crippen molar-refractivity contribution < 1.29 is 4.79 Å². The molecule has 1 saturated carbocycles. The van der Waals surface area contributed by atoms with E-state index in [1.807, 2.05) is 19.3 Å². The molecule has 12 heavy (non-hydrogen) atoms. The number of hydrogen-bond acceptors (Lipinski definition) is 1. The van der Waals surface area contributed by atoms with Gasteiger partial charge in [-0.1, -0.05) is 0 Å². The molecule has 0 amide bonds. The Morgan fingerprint density at radius 3 is 2.83 bits per heavy atom. The Labute approximate surface area is 72.2 Å². The summed E-state index contributed by atoms with van der Waals surface area (Å²) in [6.45, 7) is 1.69. The third-order valence-electron chi connectivity index (χ3n) is 2.68. The molecule has 1 aliphatic rings. The Morgan fingerprint density at radius 2 is 2.42 bits per heavy atom. The number of nitrogens with zero attached hydrogens (tertiary/aromatic N) is 1. The zero-order chi connectivity index (χ0) is 8.72. The maximum absolute atomic E-state index is 11.0. The van der Waals surface area contributed by atoms with Crippen molar-refractivity contribution >= 4 is 5.78 Å². The summed E-state index contributed by atoms with van der Waals surface area (Å²) in [5, 5.41) is 0. The monoisotopic (exact) mass is 163 g/mol. The van der Waals surface area contributed by atoms with Crippen molar-refractivity contribution in [1.82, 2.24) is 4.57 Å². The molecule has 0 radical (unpaired) electrons. The summed E-state index contributed by atoms with van der Waals surface area (Å²) in [4.78, 5) is 11.0. The van der Waals surface area contributed by atoms with Gasteiger partial charge in [-0.3, -0.25) is 4.79 Å². The van der Waals surface area contributed by atoms with Crippen LogP contribution in [0, 0.1) is 5.92 Å². The van der Waals surface area contributed by atoms with Gasteiger partial charge in [0, 0.05) is 30.8 Å². The van der Waals surface area contributed by atoms with Gasteiger partial charge >= 0.3 is 0 Å². The Kier molecular flexibility index (Phi) is 1.56. The minimum atomic E-state index is 0.304. The first kappa shape index (κ1) is 7.59. The van der Waals surface area contributed by atoms with Crippen LogP contribution in [0.3, 0.4) is 0 Å². The molecular weight excluding hydrogens is 150 g/mol. The van der Waals surface area contributed by atoms with Crippen LogP contribution in [0.1, 0.15) is 25.0 Å². The maximum atomic E-state index is 11.0. The van der Waals surface area contributed by atoms with Gasteiger partial charge in [0.25, 0.3) is 0 Å². The van der Waals surface area contributed by atoms with Gasteiger partial charge in [0.2, 0.25) is 0 Å². The van der Waals surface area contributed by atoms with E-state index in [0.717, 1.165) is 6.42 Å². The second-order valence-corrected chi connectivity index (χ2v) is 3.60. The first-order valence-electron chi connectivity index (χ1n) is 4.32. The van der Waals surface area contributed by atoms with E-state index in [2.05, 4.69) is 10.6 Å². The van der Waals surface area contributed by atoms with Crippen molar-refractivity contribution in [3.63, 3.8) is 0 Å². The maximum Gasteiger partial charge on any atom is 0.133 e. The number of ketones is 1. The molecule has 0 aliphatic heterocycles. The number of Topliss-reactive ketones (excluding diaryl/α,β-unsaturated/α-hetero) is 1. The lowest BCUT2D eigenvalue weighted by molar-refractivity contribution is -0.118. The Morgan fingerprint density at radius 1 is 1.67 bits per heavy atom. The summed E-state index contributed by atoms with van der Waals surface area (Å²) >= 11 is 0. The van der Waals surface area contributed by atoms with E-state index in [1.165, 1.54) is 5.69 Å². The van der Waals surface area contributed by atoms with Crippen LogP contribution in [-0.2, 0) is 11.8 Å². The fraction of sp³-hybridized carbons (Fsp3) is 0.500. The third-order valence-corrected chi connectivity index (χ3v) is 2.68. The molecule has 2 heteroatoms. The lowest BCUT2D eigenvalue weighted by Gasteiger charge is -1.99. The molecule has 0 spiro atoms. The van der Waals surface area contributed by atoms with E-state index in [0.29, 0.717) is 17.6 Å². The molecule has 0 aromatic carbocycles. The standard InChI is InChI=1S/C10H13NO/c1-7(12)8-6-9(8)10-4-3-5-11(10)2/h3-5,8-9H,6H2,1-2H3. The van der Waals surface area contributed by atoms with Gasteiger partial charge < -0.3 is 4.57 Å². The predicted octanol–water partition coefficient (Wildman–Crippen LogP) is 1.72. The van der Waals surface area contributed by atoms with Crippen LogP contribution in [0.5, 0.6) is 0 Å². The molecule has 0 bridgehead atoms. The fourth-order valence-corrected chi connectivity index (χ4v) is 1.83. The van der Waals surface area contributed by atoms with Crippen LogP contribution in [0.15, 0.2) is 18.3 Å². The van der Waals surface area contributed by atoms with Crippen molar-refractivity contribution in [2.75, 3.05) is 0 Å². The Balaban J connectivity index is 2.15. The average molecular weight is 163 g/mol. The van der Waals surface area contributed by atoms with Gasteiger partial charge in [0.15, 0.2) is 0 Å². The lowest BCUT2D eigenvalue weighted by Crippen LogP contribution is -1.98. The highest BCUT2D eigenvalue weighted by Crippen LogP contribution is 2.47. The van der Waals surface area contributed by atoms with E-state index in [-0.39, 0.29) is 0 Å². The molecule has 1 aromatic rings. The summed E-state index contributed by atoms with van der Waals surface area (Å²) in [5.41, 5.74) is 1.30. The fourth-order valence-electron chi connectivity index (χ4n) is 1.83. The third kappa shape index (κ3) is 1.07. The molecule has 1 fully saturated rings. The molecule has 2 unspecified atom stereocenters. The largest absolute Gasteiger partial charge is 0.354 e. The van der Waals surface area contributed by atoms with E-state index in [1.54, 1.807) is 6.92 Å². The number of carbonyl (C=O) groups excluding carboxylic acids is 1. The first-order valence-corrected chi connectivity index (χ1v) is 4.32.